The Morgan fingerprint density at radius 3 is 1.90 bits per heavy atom. The van der Waals surface area contributed by atoms with Crippen LogP contribution in [0.25, 0.3) is 5.57 Å². The van der Waals surface area contributed by atoms with Crippen molar-refractivity contribution in [2.24, 2.45) is 0 Å². The summed E-state index contributed by atoms with van der Waals surface area (Å²) >= 11 is 0. The van der Waals surface area contributed by atoms with Crippen molar-refractivity contribution in [2.45, 2.75) is 37.5 Å². The van der Waals surface area contributed by atoms with Gasteiger partial charge in [0.15, 0.2) is 0 Å². The highest BCUT2D eigenvalue weighted by Gasteiger charge is 2.36. The van der Waals surface area contributed by atoms with E-state index in [4.69, 9.17) is 0 Å². The van der Waals surface area contributed by atoms with Crippen molar-refractivity contribution in [1.29, 1.82) is 0 Å². The van der Waals surface area contributed by atoms with Crippen LogP contribution in [-0.2, 0) is 5.41 Å². The predicted octanol–water partition coefficient (Wildman–Crippen LogP) is 5.60. The molecule has 1 saturated carbocycles. The Balaban J connectivity index is 2.05. The molecule has 0 nitrogen and oxygen atoms in total. The van der Waals surface area contributed by atoms with Gasteiger partial charge in [0.25, 0.3) is 0 Å². The molecule has 1 aliphatic rings. The van der Waals surface area contributed by atoms with E-state index in [0.717, 1.165) is 0 Å². The molecule has 1 fully saturated rings. The molecular weight excluding hydrogens is 240 g/mol. The molecule has 0 aliphatic heterocycles. The van der Waals surface area contributed by atoms with Gasteiger partial charge in [-0.05, 0) is 29.5 Å². The standard InChI is InChI=1S/C20H22/c1-17(18-11-5-2-6-12-18)20(15-9-4-10-16-20)19-13-7-3-8-14-19/h2-3,5-8,11-14H,1,4,9-10,15-16H2. The van der Waals surface area contributed by atoms with Gasteiger partial charge in [0.2, 0.25) is 0 Å². The summed E-state index contributed by atoms with van der Waals surface area (Å²) in [5.74, 6) is 0. The zero-order valence-corrected chi connectivity index (χ0v) is 12.0. The van der Waals surface area contributed by atoms with Crippen LogP contribution in [0.2, 0.25) is 0 Å². The summed E-state index contributed by atoms with van der Waals surface area (Å²) < 4.78 is 0. The molecule has 0 atom stereocenters. The molecule has 0 N–H and O–H groups in total. The van der Waals surface area contributed by atoms with Crippen LogP contribution in [0, 0.1) is 0 Å². The molecule has 0 heteroatoms. The lowest BCUT2D eigenvalue weighted by Crippen LogP contribution is -2.30. The average molecular weight is 262 g/mol. The summed E-state index contributed by atoms with van der Waals surface area (Å²) in [6.07, 6.45) is 6.42. The molecule has 2 aromatic carbocycles. The zero-order valence-electron chi connectivity index (χ0n) is 12.0. The van der Waals surface area contributed by atoms with Gasteiger partial charge in [-0.1, -0.05) is 86.5 Å². The second-order valence-corrected chi connectivity index (χ2v) is 5.85. The maximum absolute atomic E-state index is 4.50. The van der Waals surface area contributed by atoms with Crippen LogP contribution < -0.4 is 0 Å². The predicted molar refractivity (Wildman–Crippen MR) is 86.7 cm³/mol. The summed E-state index contributed by atoms with van der Waals surface area (Å²) in [5, 5.41) is 0. The van der Waals surface area contributed by atoms with Crippen molar-refractivity contribution < 1.29 is 0 Å². The minimum atomic E-state index is 0.140. The molecule has 0 radical (unpaired) electrons. The quantitative estimate of drug-likeness (QED) is 0.675. The van der Waals surface area contributed by atoms with E-state index in [1.807, 2.05) is 0 Å². The smallest absolute Gasteiger partial charge is 0.0203 e. The molecule has 102 valence electrons. The van der Waals surface area contributed by atoms with Gasteiger partial charge in [0.1, 0.15) is 0 Å². The first-order valence-electron chi connectivity index (χ1n) is 7.63. The van der Waals surface area contributed by atoms with E-state index >= 15 is 0 Å². The third kappa shape index (κ3) is 2.31. The Kier molecular flexibility index (Phi) is 3.73. The second-order valence-electron chi connectivity index (χ2n) is 5.85. The van der Waals surface area contributed by atoms with E-state index in [-0.39, 0.29) is 5.41 Å². The Hall–Kier alpha value is -1.82. The number of allylic oxidation sites excluding steroid dienone is 1. The third-order valence-electron chi connectivity index (χ3n) is 4.73. The maximum Gasteiger partial charge on any atom is 0.0203 e. The van der Waals surface area contributed by atoms with Crippen LogP contribution in [0.15, 0.2) is 67.2 Å². The Bertz CT molecular complexity index is 560. The fourth-order valence-corrected chi connectivity index (χ4v) is 3.59. The second kappa shape index (κ2) is 5.66. The Morgan fingerprint density at radius 1 is 0.750 bits per heavy atom. The normalized spacial score (nSPS) is 17.6. The highest BCUT2D eigenvalue weighted by atomic mass is 14.4. The fourth-order valence-electron chi connectivity index (χ4n) is 3.59. The molecule has 0 spiro atoms. The van der Waals surface area contributed by atoms with E-state index in [1.54, 1.807) is 0 Å². The minimum Gasteiger partial charge on any atom is -0.0943 e. The summed E-state index contributed by atoms with van der Waals surface area (Å²) in [5.41, 5.74) is 4.16. The van der Waals surface area contributed by atoms with E-state index in [9.17, 15) is 0 Å². The van der Waals surface area contributed by atoms with Crippen LogP contribution in [0.3, 0.4) is 0 Å². The van der Waals surface area contributed by atoms with E-state index in [2.05, 4.69) is 67.2 Å². The summed E-state index contributed by atoms with van der Waals surface area (Å²) in [6.45, 7) is 4.50. The highest BCUT2D eigenvalue weighted by molar-refractivity contribution is 5.73. The van der Waals surface area contributed by atoms with Crippen molar-refractivity contribution in [1.82, 2.24) is 0 Å². The lowest BCUT2D eigenvalue weighted by Gasteiger charge is -2.40. The molecule has 20 heavy (non-hydrogen) atoms. The number of benzene rings is 2. The number of hydrogen-bond acceptors (Lipinski definition) is 0. The fraction of sp³-hybridized carbons (Fsp3) is 0.300. The minimum absolute atomic E-state index is 0.140. The summed E-state index contributed by atoms with van der Waals surface area (Å²) in [7, 11) is 0. The maximum atomic E-state index is 4.50. The van der Waals surface area contributed by atoms with Crippen LogP contribution in [0.4, 0.5) is 0 Å². The van der Waals surface area contributed by atoms with Gasteiger partial charge >= 0.3 is 0 Å². The molecule has 0 unspecified atom stereocenters. The van der Waals surface area contributed by atoms with Gasteiger partial charge < -0.3 is 0 Å². The summed E-state index contributed by atoms with van der Waals surface area (Å²) in [4.78, 5) is 0. The molecule has 0 saturated heterocycles. The zero-order chi connectivity index (χ0) is 13.8. The van der Waals surface area contributed by atoms with Crippen molar-refractivity contribution in [2.75, 3.05) is 0 Å². The van der Waals surface area contributed by atoms with Crippen molar-refractivity contribution >= 4 is 5.57 Å². The molecule has 1 aliphatic carbocycles. The lowest BCUT2D eigenvalue weighted by molar-refractivity contribution is 0.369. The summed E-state index contributed by atoms with van der Waals surface area (Å²) in [6, 6.07) is 21.7. The molecule has 0 aromatic heterocycles. The van der Waals surface area contributed by atoms with E-state index in [1.165, 1.54) is 48.8 Å². The molecule has 0 amide bonds. The van der Waals surface area contributed by atoms with E-state index in [0.29, 0.717) is 0 Å². The van der Waals surface area contributed by atoms with Gasteiger partial charge in [0, 0.05) is 5.41 Å². The van der Waals surface area contributed by atoms with Gasteiger partial charge in [-0.15, -0.1) is 0 Å². The lowest BCUT2D eigenvalue weighted by atomic mass is 9.64. The first-order chi connectivity index (χ1) is 9.83. The van der Waals surface area contributed by atoms with Gasteiger partial charge in [-0.25, -0.2) is 0 Å². The molecule has 3 rings (SSSR count). The van der Waals surface area contributed by atoms with Crippen LogP contribution in [0.1, 0.15) is 43.2 Å². The van der Waals surface area contributed by atoms with Crippen molar-refractivity contribution in [3.63, 3.8) is 0 Å². The van der Waals surface area contributed by atoms with Crippen LogP contribution >= 0.6 is 0 Å². The van der Waals surface area contributed by atoms with Gasteiger partial charge in [-0.2, -0.15) is 0 Å². The van der Waals surface area contributed by atoms with Gasteiger partial charge in [-0.3, -0.25) is 0 Å². The number of rotatable bonds is 3. The SMILES string of the molecule is C=C(c1ccccc1)C1(c2ccccc2)CCCCC1. The average Bonchev–Trinajstić information content (AvgIpc) is 2.56. The van der Waals surface area contributed by atoms with Gasteiger partial charge in [0.05, 0.1) is 0 Å². The highest BCUT2D eigenvalue weighted by Crippen LogP contribution is 2.48. The monoisotopic (exact) mass is 262 g/mol. The third-order valence-corrected chi connectivity index (χ3v) is 4.73. The molecule has 2 aromatic rings. The number of hydrogen-bond donors (Lipinski definition) is 0. The first kappa shape index (κ1) is 13.2. The van der Waals surface area contributed by atoms with Crippen LogP contribution in [-0.4, -0.2) is 0 Å². The van der Waals surface area contributed by atoms with Crippen molar-refractivity contribution in [3.05, 3.63) is 78.4 Å². The molecular formula is C20H22. The van der Waals surface area contributed by atoms with E-state index < -0.39 is 0 Å². The van der Waals surface area contributed by atoms with Crippen LogP contribution in [0.5, 0.6) is 0 Å². The molecule has 0 heterocycles. The van der Waals surface area contributed by atoms with Crippen molar-refractivity contribution in [3.8, 4) is 0 Å². The topological polar surface area (TPSA) is 0 Å². The largest absolute Gasteiger partial charge is 0.0943 e. The first-order valence-corrected chi connectivity index (χ1v) is 7.63. The Labute approximate surface area is 122 Å². The Morgan fingerprint density at radius 2 is 1.30 bits per heavy atom. The molecule has 0 bridgehead atoms.